The Bertz CT molecular complexity index is 1340. The first kappa shape index (κ1) is 24.0. The fraction of sp³-hybridized carbons (Fsp3) is 0.280. The Morgan fingerprint density at radius 3 is 2.57 bits per heavy atom. The number of fused-ring (bicyclic) bond motifs is 1. The zero-order valence-corrected chi connectivity index (χ0v) is 19.7. The molecule has 0 fully saturated rings. The van der Waals surface area contributed by atoms with E-state index in [2.05, 4.69) is 36.6 Å². The van der Waals surface area contributed by atoms with Gasteiger partial charge in [-0.05, 0) is 50.8 Å². The van der Waals surface area contributed by atoms with Crippen LogP contribution in [0.1, 0.15) is 36.1 Å². The van der Waals surface area contributed by atoms with Gasteiger partial charge in [0.25, 0.3) is 6.43 Å². The Morgan fingerprint density at radius 1 is 1.11 bits per heavy atom. The van der Waals surface area contributed by atoms with E-state index in [1.165, 1.54) is 28.9 Å². The van der Waals surface area contributed by atoms with Gasteiger partial charge in [-0.15, -0.1) is 0 Å². The molecule has 0 unspecified atom stereocenters. The third-order valence-electron chi connectivity index (χ3n) is 5.60. The topological polar surface area (TPSA) is 94.2 Å². The zero-order chi connectivity index (χ0) is 24.9. The van der Waals surface area contributed by atoms with Crippen LogP contribution in [-0.2, 0) is 0 Å². The van der Waals surface area contributed by atoms with E-state index in [1.807, 2.05) is 45.3 Å². The number of aromatic nitrogens is 4. The van der Waals surface area contributed by atoms with Gasteiger partial charge in [0.15, 0.2) is 0 Å². The molecular formula is C25H26F2N8. The maximum absolute atomic E-state index is 13.4. The van der Waals surface area contributed by atoms with Gasteiger partial charge < -0.3 is 15.5 Å². The summed E-state index contributed by atoms with van der Waals surface area (Å²) in [4.78, 5) is 15.1. The van der Waals surface area contributed by atoms with Crippen LogP contribution in [0.3, 0.4) is 0 Å². The van der Waals surface area contributed by atoms with Crippen LogP contribution in [0.5, 0.6) is 0 Å². The number of pyridine rings is 1. The first-order valence-corrected chi connectivity index (χ1v) is 11.1. The number of benzene rings is 1. The first-order chi connectivity index (χ1) is 16.9. The van der Waals surface area contributed by atoms with Crippen molar-refractivity contribution in [2.45, 2.75) is 19.4 Å². The van der Waals surface area contributed by atoms with Crippen molar-refractivity contribution in [3.63, 3.8) is 0 Å². The van der Waals surface area contributed by atoms with Crippen LogP contribution in [-0.4, -0.2) is 51.4 Å². The van der Waals surface area contributed by atoms with Crippen LogP contribution in [0, 0.1) is 11.3 Å². The van der Waals surface area contributed by atoms with Crippen molar-refractivity contribution < 1.29 is 8.78 Å². The van der Waals surface area contributed by atoms with Crippen LogP contribution in [0.15, 0.2) is 55.0 Å². The SMILES string of the molecule is C[C@H](Nc1ncc(C#N)c(-c2cnc3c(C(F)F)cccn23)n1)c1ccc(NCCN(C)C)cc1. The predicted molar refractivity (Wildman–Crippen MR) is 131 cm³/mol. The average molecular weight is 477 g/mol. The minimum absolute atomic E-state index is 0.112. The van der Waals surface area contributed by atoms with Gasteiger partial charge >= 0.3 is 0 Å². The Kier molecular flexibility index (Phi) is 7.17. The minimum Gasteiger partial charge on any atom is -0.384 e. The molecule has 0 amide bonds. The summed E-state index contributed by atoms with van der Waals surface area (Å²) >= 11 is 0. The molecule has 0 aliphatic rings. The summed E-state index contributed by atoms with van der Waals surface area (Å²) in [6.07, 6.45) is 1.82. The number of nitrogens with zero attached hydrogens (tertiary/aromatic N) is 6. The summed E-state index contributed by atoms with van der Waals surface area (Å²) in [5.41, 5.74) is 2.99. The Morgan fingerprint density at radius 2 is 1.89 bits per heavy atom. The standard InChI is InChI=1S/C25H26F2N8/c1-16(17-6-8-19(9-7-17)29-10-12-34(2)3)32-25-31-14-18(13-28)22(33-25)21-15-30-24-20(23(26)27)5-4-11-35(21)24/h4-9,11,14-16,23,29H,10,12H2,1-3H3,(H,31,32,33)/t16-/m0/s1. The molecular weight excluding hydrogens is 450 g/mol. The number of hydrogen-bond donors (Lipinski definition) is 2. The molecule has 0 saturated heterocycles. The van der Waals surface area contributed by atoms with Crippen LogP contribution in [0.25, 0.3) is 17.0 Å². The van der Waals surface area contributed by atoms with Crippen molar-refractivity contribution in [1.82, 2.24) is 24.3 Å². The van der Waals surface area contributed by atoms with Gasteiger partial charge in [0.1, 0.15) is 17.4 Å². The number of anilines is 2. The largest absolute Gasteiger partial charge is 0.384 e. The minimum atomic E-state index is -2.66. The lowest BCUT2D eigenvalue weighted by Crippen LogP contribution is -2.20. The van der Waals surface area contributed by atoms with E-state index in [1.54, 1.807) is 6.20 Å². The average Bonchev–Trinajstić information content (AvgIpc) is 3.28. The summed E-state index contributed by atoms with van der Waals surface area (Å²) in [5, 5.41) is 16.2. The molecule has 2 N–H and O–H groups in total. The number of nitriles is 1. The molecule has 0 spiro atoms. The highest BCUT2D eigenvalue weighted by atomic mass is 19.3. The molecule has 4 rings (SSSR count). The summed E-state index contributed by atoms with van der Waals surface area (Å²) < 4.78 is 28.3. The maximum atomic E-state index is 13.4. The molecule has 4 aromatic rings. The summed E-state index contributed by atoms with van der Waals surface area (Å²) in [7, 11) is 4.07. The highest BCUT2D eigenvalue weighted by Crippen LogP contribution is 2.29. The van der Waals surface area contributed by atoms with Gasteiger partial charge in [-0.1, -0.05) is 12.1 Å². The maximum Gasteiger partial charge on any atom is 0.267 e. The van der Waals surface area contributed by atoms with Crippen molar-refractivity contribution in [3.8, 4) is 17.5 Å². The zero-order valence-electron chi connectivity index (χ0n) is 19.7. The smallest absolute Gasteiger partial charge is 0.267 e. The lowest BCUT2D eigenvalue weighted by Gasteiger charge is -2.16. The third-order valence-corrected chi connectivity index (χ3v) is 5.60. The van der Waals surface area contributed by atoms with E-state index in [9.17, 15) is 14.0 Å². The van der Waals surface area contributed by atoms with E-state index >= 15 is 0 Å². The number of likely N-dealkylation sites (N-methyl/N-ethyl adjacent to an activating group) is 1. The quantitative estimate of drug-likeness (QED) is 0.360. The molecule has 0 aliphatic heterocycles. The second kappa shape index (κ2) is 10.4. The number of alkyl halides is 2. The van der Waals surface area contributed by atoms with E-state index in [4.69, 9.17) is 0 Å². The lowest BCUT2D eigenvalue weighted by atomic mass is 10.1. The molecule has 35 heavy (non-hydrogen) atoms. The molecule has 0 aliphatic carbocycles. The molecule has 1 aromatic carbocycles. The Hall–Kier alpha value is -4.10. The molecule has 1 atom stereocenters. The van der Waals surface area contributed by atoms with Crippen LogP contribution < -0.4 is 10.6 Å². The molecule has 0 radical (unpaired) electrons. The second-order valence-corrected chi connectivity index (χ2v) is 8.39. The summed E-state index contributed by atoms with van der Waals surface area (Å²) in [6, 6.07) is 12.9. The molecule has 8 nitrogen and oxygen atoms in total. The molecule has 3 heterocycles. The van der Waals surface area contributed by atoms with Gasteiger partial charge in [0, 0.05) is 25.0 Å². The fourth-order valence-electron chi connectivity index (χ4n) is 3.70. The number of nitrogens with one attached hydrogen (secondary N) is 2. The van der Waals surface area contributed by atoms with E-state index in [0.717, 1.165) is 24.3 Å². The normalized spacial score (nSPS) is 12.2. The molecule has 3 aromatic heterocycles. The van der Waals surface area contributed by atoms with Gasteiger partial charge in [0.05, 0.1) is 35.3 Å². The molecule has 0 saturated carbocycles. The van der Waals surface area contributed by atoms with Crippen LogP contribution >= 0.6 is 0 Å². The third kappa shape index (κ3) is 5.36. The summed E-state index contributed by atoms with van der Waals surface area (Å²) in [6.45, 7) is 3.77. The number of hydrogen-bond acceptors (Lipinski definition) is 7. The predicted octanol–water partition coefficient (Wildman–Crippen LogP) is 4.75. The highest BCUT2D eigenvalue weighted by molar-refractivity contribution is 5.68. The molecule has 180 valence electrons. The van der Waals surface area contributed by atoms with Crippen molar-refractivity contribution in [2.24, 2.45) is 0 Å². The first-order valence-electron chi connectivity index (χ1n) is 11.1. The molecule has 0 bridgehead atoms. The Balaban J connectivity index is 1.57. The lowest BCUT2D eigenvalue weighted by molar-refractivity contribution is 0.152. The van der Waals surface area contributed by atoms with Crippen molar-refractivity contribution >= 4 is 17.3 Å². The van der Waals surface area contributed by atoms with Crippen LogP contribution in [0.4, 0.5) is 20.4 Å². The second-order valence-electron chi connectivity index (χ2n) is 8.39. The monoisotopic (exact) mass is 476 g/mol. The van der Waals surface area contributed by atoms with Gasteiger partial charge in [0.2, 0.25) is 5.95 Å². The highest BCUT2D eigenvalue weighted by Gasteiger charge is 2.19. The number of halogens is 2. The molecule has 10 heteroatoms. The van der Waals surface area contributed by atoms with Gasteiger partial charge in [-0.25, -0.2) is 23.7 Å². The van der Waals surface area contributed by atoms with Gasteiger partial charge in [-0.3, -0.25) is 4.40 Å². The van der Waals surface area contributed by atoms with E-state index in [0.29, 0.717) is 17.3 Å². The van der Waals surface area contributed by atoms with Gasteiger partial charge in [-0.2, -0.15) is 5.26 Å². The number of imidazole rings is 1. The van der Waals surface area contributed by atoms with Crippen molar-refractivity contribution in [2.75, 3.05) is 37.8 Å². The fourth-order valence-corrected chi connectivity index (χ4v) is 3.70. The van der Waals surface area contributed by atoms with E-state index in [-0.39, 0.29) is 22.8 Å². The van der Waals surface area contributed by atoms with Crippen molar-refractivity contribution in [1.29, 1.82) is 5.26 Å². The van der Waals surface area contributed by atoms with Crippen LogP contribution in [0.2, 0.25) is 0 Å². The Labute approximate surface area is 202 Å². The summed E-state index contributed by atoms with van der Waals surface area (Å²) in [5.74, 6) is 0.319. The van der Waals surface area contributed by atoms with E-state index < -0.39 is 6.43 Å². The number of rotatable bonds is 9. The van der Waals surface area contributed by atoms with Crippen molar-refractivity contribution in [3.05, 3.63) is 71.7 Å².